The highest BCUT2D eigenvalue weighted by molar-refractivity contribution is 9.10. The van der Waals surface area contributed by atoms with E-state index >= 15 is 0 Å². The van der Waals surface area contributed by atoms with Crippen molar-refractivity contribution in [3.63, 3.8) is 0 Å². The van der Waals surface area contributed by atoms with Crippen molar-refractivity contribution in [2.75, 3.05) is 12.3 Å². The van der Waals surface area contributed by atoms with Crippen LogP contribution in [0.4, 0.5) is 0 Å². The lowest BCUT2D eigenvalue weighted by Gasteiger charge is -2.17. The van der Waals surface area contributed by atoms with Gasteiger partial charge in [0.05, 0.1) is 0 Å². The zero-order valence-electron chi connectivity index (χ0n) is 12.6. The molecule has 0 fully saturated rings. The number of thioether (sulfide) groups is 1. The summed E-state index contributed by atoms with van der Waals surface area (Å²) >= 11 is 5.39. The summed E-state index contributed by atoms with van der Waals surface area (Å²) < 4.78 is 3.09. The molecule has 1 atom stereocenters. The van der Waals surface area contributed by atoms with E-state index < -0.39 is 0 Å². The molecule has 1 aromatic heterocycles. The second-order valence-electron chi connectivity index (χ2n) is 5.00. The van der Waals surface area contributed by atoms with Crippen LogP contribution in [0.15, 0.2) is 45.9 Å². The third-order valence-electron chi connectivity index (χ3n) is 3.43. The van der Waals surface area contributed by atoms with Crippen LogP contribution < -0.4 is 5.32 Å². The fourth-order valence-corrected chi connectivity index (χ4v) is 3.50. The molecule has 0 saturated carbocycles. The number of aryl methyl sites for hydroxylation is 2. The molecule has 0 aliphatic carbocycles. The average molecular weight is 368 g/mol. The average Bonchev–Trinajstić information content (AvgIpc) is 2.89. The number of nitrogens with zero attached hydrogens (tertiary/aromatic N) is 2. The van der Waals surface area contributed by atoms with Gasteiger partial charge in [-0.2, -0.15) is 5.10 Å². The topological polar surface area (TPSA) is 29.9 Å². The van der Waals surface area contributed by atoms with Gasteiger partial charge in [-0.25, -0.2) is 0 Å². The number of hydrogen-bond donors (Lipinski definition) is 1. The number of hydrogen-bond acceptors (Lipinski definition) is 3. The SMILES string of the molecule is CCNC(CCc1ccnn1C)CSc1ccc(Br)cc1. The molecule has 0 aliphatic heterocycles. The molecular formula is C16H22BrN3S. The first-order chi connectivity index (χ1) is 10.2. The van der Waals surface area contributed by atoms with E-state index in [-0.39, 0.29) is 0 Å². The van der Waals surface area contributed by atoms with E-state index in [1.807, 2.05) is 29.7 Å². The third-order valence-corrected chi connectivity index (χ3v) is 5.13. The van der Waals surface area contributed by atoms with E-state index in [1.165, 1.54) is 10.6 Å². The summed E-state index contributed by atoms with van der Waals surface area (Å²) in [6.45, 7) is 3.18. The van der Waals surface area contributed by atoms with E-state index in [9.17, 15) is 0 Å². The molecular weight excluding hydrogens is 346 g/mol. The van der Waals surface area contributed by atoms with Crippen LogP contribution in [0.2, 0.25) is 0 Å². The lowest BCUT2D eigenvalue weighted by atomic mass is 10.1. The summed E-state index contributed by atoms with van der Waals surface area (Å²) in [5.74, 6) is 1.09. The van der Waals surface area contributed by atoms with Crippen LogP contribution in [0.3, 0.4) is 0 Å². The fourth-order valence-electron chi connectivity index (χ4n) is 2.23. The molecule has 21 heavy (non-hydrogen) atoms. The van der Waals surface area contributed by atoms with Crippen LogP contribution in [0.5, 0.6) is 0 Å². The smallest absolute Gasteiger partial charge is 0.0492 e. The molecule has 1 unspecified atom stereocenters. The van der Waals surface area contributed by atoms with Gasteiger partial charge in [-0.15, -0.1) is 11.8 Å². The van der Waals surface area contributed by atoms with Crippen molar-refractivity contribution in [3.05, 3.63) is 46.7 Å². The second kappa shape index (κ2) is 8.61. The molecule has 2 aromatic rings. The van der Waals surface area contributed by atoms with Crippen LogP contribution in [0.25, 0.3) is 0 Å². The molecule has 1 aromatic carbocycles. The minimum absolute atomic E-state index is 0.526. The molecule has 114 valence electrons. The largest absolute Gasteiger partial charge is 0.313 e. The minimum atomic E-state index is 0.526. The standard InChI is InChI=1S/C16H22BrN3S/c1-3-18-14(6-7-15-10-11-19-20(15)2)12-21-16-8-4-13(17)5-9-16/h4-5,8-11,14,18H,3,6-7,12H2,1-2H3. The molecule has 5 heteroatoms. The Morgan fingerprint density at radius 3 is 2.67 bits per heavy atom. The Bertz CT molecular complexity index is 539. The van der Waals surface area contributed by atoms with Crippen LogP contribution in [0.1, 0.15) is 19.0 Å². The molecule has 0 aliphatic rings. The Labute approximate surface area is 139 Å². The first kappa shape index (κ1) is 16.6. The van der Waals surface area contributed by atoms with Gasteiger partial charge in [0.15, 0.2) is 0 Å². The fraction of sp³-hybridized carbons (Fsp3) is 0.438. The van der Waals surface area contributed by atoms with Gasteiger partial charge >= 0.3 is 0 Å². The number of halogens is 1. The van der Waals surface area contributed by atoms with Gasteiger partial charge in [-0.1, -0.05) is 22.9 Å². The minimum Gasteiger partial charge on any atom is -0.313 e. The second-order valence-corrected chi connectivity index (χ2v) is 7.01. The normalized spacial score (nSPS) is 12.5. The summed E-state index contributed by atoms with van der Waals surface area (Å²) in [6.07, 6.45) is 4.07. The molecule has 0 spiro atoms. The summed E-state index contributed by atoms with van der Waals surface area (Å²) in [5.41, 5.74) is 1.30. The van der Waals surface area contributed by atoms with Crippen LogP contribution >= 0.6 is 27.7 Å². The molecule has 0 bridgehead atoms. The van der Waals surface area contributed by atoms with E-state index in [2.05, 4.69) is 63.6 Å². The van der Waals surface area contributed by atoms with Gasteiger partial charge in [0.2, 0.25) is 0 Å². The van der Waals surface area contributed by atoms with Gasteiger partial charge in [-0.3, -0.25) is 4.68 Å². The predicted octanol–water partition coefficient (Wildman–Crippen LogP) is 3.89. The van der Waals surface area contributed by atoms with E-state index in [0.29, 0.717) is 6.04 Å². The van der Waals surface area contributed by atoms with Crippen molar-refractivity contribution in [3.8, 4) is 0 Å². The van der Waals surface area contributed by atoms with Crippen molar-refractivity contribution in [1.29, 1.82) is 0 Å². The Morgan fingerprint density at radius 1 is 1.29 bits per heavy atom. The van der Waals surface area contributed by atoms with Crippen LogP contribution in [0, 0.1) is 0 Å². The molecule has 0 saturated heterocycles. The third kappa shape index (κ3) is 5.49. The first-order valence-electron chi connectivity index (χ1n) is 7.27. The molecule has 1 N–H and O–H groups in total. The van der Waals surface area contributed by atoms with E-state index in [0.717, 1.165) is 29.6 Å². The Kier molecular flexibility index (Phi) is 6.80. The summed E-state index contributed by atoms with van der Waals surface area (Å²) in [5, 5.41) is 7.82. The quantitative estimate of drug-likeness (QED) is 0.717. The molecule has 1 heterocycles. The number of benzene rings is 1. The lowest BCUT2D eigenvalue weighted by molar-refractivity contribution is 0.527. The van der Waals surface area contributed by atoms with Gasteiger partial charge in [0, 0.05) is 40.1 Å². The Morgan fingerprint density at radius 2 is 2.05 bits per heavy atom. The van der Waals surface area contributed by atoms with Crippen molar-refractivity contribution in [2.24, 2.45) is 7.05 Å². The predicted molar refractivity (Wildman–Crippen MR) is 93.9 cm³/mol. The maximum absolute atomic E-state index is 4.23. The highest BCUT2D eigenvalue weighted by atomic mass is 79.9. The van der Waals surface area contributed by atoms with E-state index in [4.69, 9.17) is 0 Å². The van der Waals surface area contributed by atoms with Crippen LogP contribution in [-0.4, -0.2) is 28.1 Å². The Hall–Kier alpha value is -0.780. The summed E-state index contributed by atoms with van der Waals surface area (Å²) in [7, 11) is 2.01. The highest BCUT2D eigenvalue weighted by Crippen LogP contribution is 2.22. The molecule has 0 amide bonds. The van der Waals surface area contributed by atoms with Gasteiger partial charge in [-0.05, 0) is 49.7 Å². The van der Waals surface area contributed by atoms with Gasteiger partial charge in [0.25, 0.3) is 0 Å². The zero-order valence-corrected chi connectivity index (χ0v) is 15.0. The maximum atomic E-state index is 4.23. The van der Waals surface area contributed by atoms with Crippen molar-refractivity contribution >= 4 is 27.7 Å². The van der Waals surface area contributed by atoms with E-state index in [1.54, 1.807) is 0 Å². The van der Waals surface area contributed by atoms with Crippen molar-refractivity contribution < 1.29 is 0 Å². The molecule has 3 nitrogen and oxygen atoms in total. The van der Waals surface area contributed by atoms with Crippen LogP contribution in [-0.2, 0) is 13.5 Å². The monoisotopic (exact) mass is 367 g/mol. The van der Waals surface area contributed by atoms with Gasteiger partial charge in [0.1, 0.15) is 0 Å². The maximum Gasteiger partial charge on any atom is 0.0492 e. The van der Waals surface area contributed by atoms with Crippen molar-refractivity contribution in [2.45, 2.75) is 30.7 Å². The summed E-state index contributed by atoms with van der Waals surface area (Å²) in [4.78, 5) is 1.32. The highest BCUT2D eigenvalue weighted by Gasteiger charge is 2.10. The number of aromatic nitrogens is 2. The lowest BCUT2D eigenvalue weighted by Crippen LogP contribution is -2.31. The number of nitrogens with one attached hydrogen (secondary N) is 1. The molecule has 0 radical (unpaired) electrons. The Balaban J connectivity index is 1.83. The molecule has 2 rings (SSSR count). The van der Waals surface area contributed by atoms with Crippen molar-refractivity contribution in [1.82, 2.24) is 15.1 Å². The number of rotatable bonds is 8. The first-order valence-corrected chi connectivity index (χ1v) is 9.05. The van der Waals surface area contributed by atoms with Gasteiger partial charge < -0.3 is 5.32 Å². The zero-order chi connectivity index (χ0) is 15.1. The summed E-state index contributed by atoms with van der Waals surface area (Å²) in [6, 6.07) is 11.2.